The van der Waals surface area contributed by atoms with E-state index in [-0.39, 0.29) is 0 Å². The lowest BCUT2D eigenvalue weighted by molar-refractivity contribution is 0.467. The van der Waals surface area contributed by atoms with E-state index in [1.807, 2.05) is 6.07 Å². The fraction of sp³-hybridized carbons (Fsp3) is 0.667. The van der Waals surface area contributed by atoms with Crippen LogP contribution in [0.5, 0.6) is 0 Å². The summed E-state index contributed by atoms with van der Waals surface area (Å²) in [5, 5.41) is 0.851. The fourth-order valence-electron chi connectivity index (χ4n) is 4.04. The lowest BCUT2D eigenvalue weighted by atomic mass is 9.98. The molecule has 2 saturated heterocycles. The van der Waals surface area contributed by atoms with Crippen molar-refractivity contribution < 1.29 is 0 Å². The molecule has 3 rings (SSSR count). The van der Waals surface area contributed by atoms with Crippen molar-refractivity contribution in [3.63, 3.8) is 0 Å². The highest BCUT2D eigenvalue weighted by Crippen LogP contribution is 2.42. The largest absolute Gasteiger partial charge is 0.365 e. The summed E-state index contributed by atoms with van der Waals surface area (Å²) >= 11 is 6.46. The molecule has 2 bridgehead atoms. The first kappa shape index (κ1) is 14.3. The topological polar surface area (TPSA) is 3.24 Å². The molecule has 1 radical (unpaired) electrons. The standard InChI is InChI=1S/C18H25ClN/c1-2-3-4-9-16-17(19)10-6-11-18(16)20-14-7-5-8-15(20)13-12-14/h6,11,14-15H,2-5,7-9,12-13H2,1H3. The molecule has 2 heterocycles. The van der Waals surface area contributed by atoms with E-state index < -0.39 is 0 Å². The Hall–Kier alpha value is -0.690. The van der Waals surface area contributed by atoms with Crippen molar-refractivity contribution in [3.8, 4) is 0 Å². The predicted octanol–water partition coefficient (Wildman–Crippen LogP) is 5.39. The zero-order valence-electron chi connectivity index (χ0n) is 12.5. The number of benzene rings is 1. The van der Waals surface area contributed by atoms with Crippen molar-refractivity contribution >= 4 is 17.3 Å². The summed E-state index contributed by atoms with van der Waals surface area (Å²) in [4.78, 5) is 2.70. The number of halogens is 1. The smallest absolute Gasteiger partial charge is 0.0537 e. The van der Waals surface area contributed by atoms with Crippen LogP contribution in [0.15, 0.2) is 12.1 Å². The highest BCUT2D eigenvalue weighted by Gasteiger charge is 2.37. The molecule has 2 atom stereocenters. The summed E-state index contributed by atoms with van der Waals surface area (Å²) in [6, 6.07) is 8.98. The third-order valence-corrected chi connectivity index (χ3v) is 5.37. The van der Waals surface area contributed by atoms with Gasteiger partial charge in [0.1, 0.15) is 0 Å². The molecule has 1 aromatic rings. The van der Waals surface area contributed by atoms with Crippen LogP contribution < -0.4 is 4.90 Å². The van der Waals surface area contributed by atoms with E-state index in [9.17, 15) is 0 Å². The van der Waals surface area contributed by atoms with E-state index in [1.54, 1.807) is 0 Å². The van der Waals surface area contributed by atoms with Crippen molar-refractivity contribution in [2.75, 3.05) is 4.90 Å². The average Bonchev–Trinajstić information content (AvgIpc) is 2.70. The van der Waals surface area contributed by atoms with Crippen molar-refractivity contribution in [3.05, 3.63) is 28.8 Å². The maximum Gasteiger partial charge on any atom is 0.0537 e. The quantitative estimate of drug-likeness (QED) is 0.657. The Morgan fingerprint density at radius 1 is 1.20 bits per heavy atom. The Bertz CT molecular complexity index is 441. The number of piperidine rings is 1. The highest BCUT2D eigenvalue weighted by atomic mass is 35.5. The predicted molar refractivity (Wildman–Crippen MR) is 86.7 cm³/mol. The van der Waals surface area contributed by atoms with Crippen LogP contribution in [0.2, 0.25) is 5.02 Å². The molecule has 2 aliphatic rings. The summed E-state index contributed by atoms with van der Waals surface area (Å²) in [6.07, 6.45) is 11.8. The Morgan fingerprint density at radius 3 is 2.65 bits per heavy atom. The second-order valence-corrected chi connectivity index (χ2v) is 6.71. The van der Waals surface area contributed by atoms with Crippen LogP contribution in [0, 0.1) is 6.07 Å². The molecule has 0 amide bonds. The normalized spacial score (nSPS) is 25.2. The minimum absolute atomic E-state index is 0.761. The van der Waals surface area contributed by atoms with Gasteiger partial charge in [0.05, 0.1) is 5.02 Å². The first-order valence-corrected chi connectivity index (χ1v) is 8.66. The van der Waals surface area contributed by atoms with Crippen molar-refractivity contribution in [2.45, 2.75) is 76.8 Å². The van der Waals surface area contributed by atoms with Crippen LogP contribution in [-0.4, -0.2) is 12.1 Å². The zero-order chi connectivity index (χ0) is 13.9. The molecule has 0 aromatic heterocycles. The Morgan fingerprint density at radius 2 is 1.95 bits per heavy atom. The molecule has 2 heteroatoms. The molecule has 2 unspecified atom stereocenters. The summed E-state index contributed by atoms with van der Waals surface area (Å²) < 4.78 is 0. The SMILES string of the molecule is CCCCCc1c(Cl)[c]ccc1N1C2CCCC1CC2. The van der Waals surface area contributed by atoms with Crippen LogP contribution in [0.1, 0.15) is 63.9 Å². The molecule has 0 spiro atoms. The molecule has 0 saturated carbocycles. The minimum Gasteiger partial charge on any atom is -0.365 e. The van der Waals surface area contributed by atoms with Gasteiger partial charge < -0.3 is 4.90 Å². The van der Waals surface area contributed by atoms with Crippen LogP contribution >= 0.6 is 11.6 Å². The van der Waals surface area contributed by atoms with Gasteiger partial charge in [-0.25, -0.2) is 0 Å². The van der Waals surface area contributed by atoms with E-state index in [1.165, 1.54) is 62.6 Å². The summed E-state index contributed by atoms with van der Waals surface area (Å²) in [5.41, 5.74) is 2.76. The summed E-state index contributed by atoms with van der Waals surface area (Å²) in [7, 11) is 0. The number of hydrogen-bond donors (Lipinski definition) is 0. The van der Waals surface area contributed by atoms with Gasteiger partial charge in [0.2, 0.25) is 0 Å². The molecule has 20 heavy (non-hydrogen) atoms. The third-order valence-electron chi connectivity index (χ3n) is 5.03. The number of anilines is 1. The number of rotatable bonds is 5. The Labute approximate surface area is 128 Å². The van der Waals surface area contributed by atoms with Crippen molar-refractivity contribution in [2.24, 2.45) is 0 Å². The Kier molecular flexibility index (Phi) is 4.55. The van der Waals surface area contributed by atoms with Crippen LogP contribution in [0.4, 0.5) is 5.69 Å². The lowest BCUT2D eigenvalue weighted by Crippen LogP contribution is -2.40. The molecular formula is C18H25ClN. The van der Waals surface area contributed by atoms with Gasteiger partial charge in [0.15, 0.2) is 0 Å². The number of nitrogens with zero attached hydrogens (tertiary/aromatic N) is 1. The molecule has 109 valence electrons. The second kappa shape index (κ2) is 6.39. The van der Waals surface area contributed by atoms with Gasteiger partial charge >= 0.3 is 0 Å². The van der Waals surface area contributed by atoms with Gasteiger partial charge in [-0.3, -0.25) is 0 Å². The molecule has 1 aromatic carbocycles. The molecule has 1 nitrogen and oxygen atoms in total. The monoisotopic (exact) mass is 290 g/mol. The van der Waals surface area contributed by atoms with Gasteiger partial charge in [-0.1, -0.05) is 37.4 Å². The molecule has 0 aliphatic carbocycles. The van der Waals surface area contributed by atoms with E-state index in [0.717, 1.165) is 23.5 Å². The fourth-order valence-corrected chi connectivity index (χ4v) is 4.29. The maximum atomic E-state index is 6.46. The molecular weight excluding hydrogens is 266 g/mol. The third kappa shape index (κ3) is 2.70. The van der Waals surface area contributed by atoms with E-state index in [2.05, 4.69) is 24.0 Å². The maximum absolute atomic E-state index is 6.46. The lowest BCUT2D eigenvalue weighted by Gasteiger charge is -2.38. The second-order valence-electron chi connectivity index (χ2n) is 6.34. The number of unbranched alkanes of at least 4 members (excludes halogenated alkanes) is 2. The first-order valence-electron chi connectivity index (χ1n) is 8.28. The minimum atomic E-state index is 0.761. The van der Waals surface area contributed by atoms with Gasteiger partial charge in [-0.05, 0) is 56.6 Å². The van der Waals surface area contributed by atoms with Gasteiger partial charge in [0.25, 0.3) is 0 Å². The highest BCUT2D eigenvalue weighted by molar-refractivity contribution is 6.31. The summed E-state index contributed by atoms with van der Waals surface area (Å²) in [5.74, 6) is 0. The van der Waals surface area contributed by atoms with Crippen LogP contribution in [-0.2, 0) is 6.42 Å². The van der Waals surface area contributed by atoms with Gasteiger partial charge in [-0.15, -0.1) is 0 Å². The number of fused-ring (bicyclic) bond motifs is 2. The van der Waals surface area contributed by atoms with E-state index in [0.29, 0.717) is 0 Å². The van der Waals surface area contributed by atoms with Crippen molar-refractivity contribution in [1.29, 1.82) is 0 Å². The number of hydrogen-bond acceptors (Lipinski definition) is 1. The van der Waals surface area contributed by atoms with Gasteiger partial charge in [0, 0.05) is 23.8 Å². The molecule has 0 N–H and O–H groups in total. The van der Waals surface area contributed by atoms with Crippen LogP contribution in [0.25, 0.3) is 0 Å². The van der Waals surface area contributed by atoms with Crippen LogP contribution in [0.3, 0.4) is 0 Å². The first-order chi connectivity index (χ1) is 9.81. The zero-order valence-corrected chi connectivity index (χ0v) is 13.3. The van der Waals surface area contributed by atoms with E-state index in [4.69, 9.17) is 11.6 Å². The molecule has 2 fully saturated rings. The van der Waals surface area contributed by atoms with Gasteiger partial charge in [-0.2, -0.15) is 0 Å². The average molecular weight is 291 g/mol. The molecule has 2 aliphatic heterocycles. The summed E-state index contributed by atoms with van der Waals surface area (Å²) in [6.45, 7) is 2.25. The van der Waals surface area contributed by atoms with E-state index >= 15 is 0 Å². The Balaban J connectivity index is 1.86. The van der Waals surface area contributed by atoms with Crippen molar-refractivity contribution in [1.82, 2.24) is 0 Å².